The lowest BCUT2D eigenvalue weighted by molar-refractivity contribution is 0.103. The first kappa shape index (κ1) is 14.8. The molecule has 0 radical (unpaired) electrons. The van der Waals surface area contributed by atoms with Crippen LogP contribution in [-0.4, -0.2) is 46.1 Å². The Balaban J connectivity index is 1.79. The molecule has 0 atom stereocenters. The molecule has 1 aliphatic heterocycles. The van der Waals surface area contributed by atoms with E-state index >= 15 is 0 Å². The van der Waals surface area contributed by atoms with Crippen LogP contribution in [0, 0.1) is 0 Å². The van der Waals surface area contributed by atoms with Gasteiger partial charge < -0.3 is 15.0 Å². The van der Waals surface area contributed by atoms with E-state index in [4.69, 9.17) is 16.3 Å². The maximum Gasteiger partial charge on any atom is 0.317 e. The molecular formula is C13H19ClN4O2. The van der Waals surface area contributed by atoms with Gasteiger partial charge >= 0.3 is 12.0 Å². The number of amides is 2. The third-order valence-corrected chi connectivity index (χ3v) is 3.21. The van der Waals surface area contributed by atoms with Gasteiger partial charge in [-0.25, -0.2) is 14.8 Å². The van der Waals surface area contributed by atoms with E-state index in [0.29, 0.717) is 24.1 Å². The van der Waals surface area contributed by atoms with E-state index in [1.807, 2.05) is 18.7 Å². The number of piperidine rings is 1. The second-order valence-corrected chi connectivity index (χ2v) is 5.53. The molecule has 6 nitrogen and oxygen atoms in total. The average molecular weight is 299 g/mol. The Hall–Kier alpha value is -1.56. The van der Waals surface area contributed by atoms with E-state index < -0.39 is 0 Å². The minimum Gasteiger partial charge on any atom is -0.460 e. The van der Waals surface area contributed by atoms with Gasteiger partial charge in [0, 0.05) is 32.0 Å². The van der Waals surface area contributed by atoms with Crippen LogP contribution in [0.2, 0.25) is 5.02 Å². The number of carbonyl (C=O) groups excluding carboxylic acids is 1. The second kappa shape index (κ2) is 6.74. The first-order valence-electron chi connectivity index (χ1n) is 6.74. The number of aromatic nitrogens is 2. The highest BCUT2D eigenvalue weighted by molar-refractivity contribution is 6.30. The standard InChI is InChI=1S/C13H19ClN4O2/c1-9(2)17-13(19)18-5-3-11(4-6-18)20-12-15-7-10(14)8-16-12/h7-9,11H,3-6H2,1-2H3,(H,17,19). The van der Waals surface area contributed by atoms with Crippen LogP contribution in [-0.2, 0) is 0 Å². The monoisotopic (exact) mass is 298 g/mol. The lowest BCUT2D eigenvalue weighted by atomic mass is 10.1. The Morgan fingerprint density at radius 2 is 2.00 bits per heavy atom. The van der Waals surface area contributed by atoms with Crippen LogP contribution in [0.1, 0.15) is 26.7 Å². The van der Waals surface area contributed by atoms with Gasteiger partial charge in [-0.05, 0) is 13.8 Å². The summed E-state index contributed by atoms with van der Waals surface area (Å²) < 4.78 is 5.68. The number of hydrogen-bond donors (Lipinski definition) is 1. The Bertz CT molecular complexity index is 444. The lowest BCUT2D eigenvalue weighted by Gasteiger charge is -2.32. The summed E-state index contributed by atoms with van der Waals surface area (Å²) in [5.74, 6) is 0. The Labute approximate surface area is 123 Å². The summed E-state index contributed by atoms with van der Waals surface area (Å²) in [6.07, 6.45) is 4.61. The summed E-state index contributed by atoms with van der Waals surface area (Å²) in [5.41, 5.74) is 0. The van der Waals surface area contributed by atoms with Gasteiger partial charge in [0.2, 0.25) is 0 Å². The van der Waals surface area contributed by atoms with Gasteiger partial charge in [0.25, 0.3) is 0 Å². The topological polar surface area (TPSA) is 67.4 Å². The van der Waals surface area contributed by atoms with E-state index in [2.05, 4.69) is 15.3 Å². The highest BCUT2D eigenvalue weighted by Crippen LogP contribution is 2.16. The number of ether oxygens (including phenoxy) is 1. The summed E-state index contributed by atoms with van der Waals surface area (Å²) in [6.45, 7) is 5.25. The molecule has 1 N–H and O–H groups in total. The second-order valence-electron chi connectivity index (χ2n) is 5.09. The predicted octanol–water partition coefficient (Wildman–Crippen LogP) is 2.09. The number of likely N-dealkylation sites (tertiary alicyclic amines) is 1. The van der Waals surface area contributed by atoms with Crippen LogP contribution in [0.15, 0.2) is 12.4 Å². The Morgan fingerprint density at radius 3 is 2.55 bits per heavy atom. The zero-order valence-electron chi connectivity index (χ0n) is 11.7. The first-order chi connectivity index (χ1) is 9.54. The van der Waals surface area contributed by atoms with E-state index in [1.165, 1.54) is 12.4 Å². The molecule has 2 heterocycles. The number of hydrogen-bond acceptors (Lipinski definition) is 4. The molecule has 1 aliphatic rings. The molecule has 0 saturated carbocycles. The van der Waals surface area contributed by atoms with Crippen molar-refractivity contribution in [2.45, 2.75) is 38.8 Å². The van der Waals surface area contributed by atoms with Gasteiger partial charge in [-0.15, -0.1) is 0 Å². The fourth-order valence-corrected chi connectivity index (χ4v) is 2.12. The molecule has 0 aromatic carbocycles. The zero-order valence-corrected chi connectivity index (χ0v) is 12.4. The number of urea groups is 1. The number of rotatable bonds is 3. The molecule has 1 fully saturated rings. The highest BCUT2D eigenvalue weighted by atomic mass is 35.5. The molecule has 0 unspecified atom stereocenters. The van der Waals surface area contributed by atoms with E-state index in [1.54, 1.807) is 0 Å². The average Bonchev–Trinajstić information content (AvgIpc) is 2.41. The molecule has 1 saturated heterocycles. The summed E-state index contributed by atoms with van der Waals surface area (Å²) in [4.78, 5) is 21.7. The van der Waals surface area contributed by atoms with Crippen LogP contribution in [0.5, 0.6) is 6.01 Å². The molecule has 0 aliphatic carbocycles. The van der Waals surface area contributed by atoms with Gasteiger partial charge in [-0.2, -0.15) is 0 Å². The van der Waals surface area contributed by atoms with Gasteiger partial charge in [-0.1, -0.05) is 11.6 Å². The van der Waals surface area contributed by atoms with E-state index in [-0.39, 0.29) is 18.2 Å². The molecule has 1 aromatic rings. The maximum atomic E-state index is 11.8. The number of nitrogens with one attached hydrogen (secondary N) is 1. The summed E-state index contributed by atoms with van der Waals surface area (Å²) >= 11 is 5.72. The molecule has 0 spiro atoms. The Kier molecular flexibility index (Phi) is 5.00. The van der Waals surface area contributed by atoms with Gasteiger partial charge in [0.05, 0.1) is 17.4 Å². The zero-order chi connectivity index (χ0) is 14.5. The molecular weight excluding hydrogens is 280 g/mol. The van der Waals surface area contributed by atoms with Crippen LogP contribution in [0.3, 0.4) is 0 Å². The SMILES string of the molecule is CC(C)NC(=O)N1CCC(Oc2ncc(Cl)cn2)CC1. The van der Waals surface area contributed by atoms with Crippen molar-refractivity contribution < 1.29 is 9.53 Å². The normalized spacial score (nSPS) is 16.3. The fourth-order valence-electron chi connectivity index (χ4n) is 2.03. The van der Waals surface area contributed by atoms with Crippen molar-refractivity contribution in [3.63, 3.8) is 0 Å². The van der Waals surface area contributed by atoms with Crippen molar-refractivity contribution in [2.24, 2.45) is 0 Å². The summed E-state index contributed by atoms with van der Waals surface area (Å²) in [7, 11) is 0. The quantitative estimate of drug-likeness (QED) is 0.928. The lowest BCUT2D eigenvalue weighted by Crippen LogP contribution is -2.48. The van der Waals surface area contributed by atoms with Gasteiger partial charge in [0.1, 0.15) is 6.10 Å². The largest absolute Gasteiger partial charge is 0.460 e. The van der Waals surface area contributed by atoms with Crippen molar-refractivity contribution in [3.05, 3.63) is 17.4 Å². The predicted molar refractivity (Wildman–Crippen MR) is 75.9 cm³/mol. The number of halogens is 1. The van der Waals surface area contributed by atoms with Crippen LogP contribution in [0.4, 0.5) is 4.79 Å². The van der Waals surface area contributed by atoms with Crippen molar-refractivity contribution in [1.29, 1.82) is 0 Å². The molecule has 0 bridgehead atoms. The van der Waals surface area contributed by atoms with E-state index in [9.17, 15) is 4.79 Å². The first-order valence-corrected chi connectivity index (χ1v) is 7.12. The van der Waals surface area contributed by atoms with Crippen LogP contribution in [0.25, 0.3) is 0 Å². The minimum absolute atomic E-state index is 0.0128. The van der Waals surface area contributed by atoms with Crippen molar-refractivity contribution in [2.75, 3.05) is 13.1 Å². The van der Waals surface area contributed by atoms with Crippen molar-refractivity contribution >= 4 is 17.6 Å². The maximum absolute atomic E-state index is 11.8. The smallest absolute Gasteiger partial charge is 0.317 e. The minimum atomic E-state index is -0.0128. The highest BCUT2D eigenvalue weighted by Gasteiger charge is 2.24. The summed E-state index contributed by atoms with van der Waals surface area (Å²) in [5, 5.41) is 3.37. The molecule has 7 heteroatoms. The molecule has 110 valence electrons. The fraction of sp³-hybridized carbons (Fsp3) is 0.615. The third-order valence-electron chi connectivity index (χ3n) is 3.01. The van der Waals surface area contributed by atoms with E-state index in [0.717, 1.165) is 12.8 Å². The van der Waals surface area contributed by atoms with Crippen molar-refractivity contribution in [1.82, 2.24) is 20.2 Å². The van der Waals surface area contributed by atoms with Crippen LogP contribution < -0.4 is 10.1 Å². The van der Waals surface area contributed by atoms with Crippen molar-refractivity contribution in [3.8, 4) is 6.01 Å². The third kappa shape index (κ3) is 4.23. The molecule has 2 amide bonds. The Morgan fingerprint density at radius 1 is 1.40 bits per heavy atom. The van der Waals surface area contributed by atoms with Gasteiger partial charge in [0.15, 0.2) is 0 Å². The molecule has 1 aromatic heterocycles. The number of nitrogens with zero attached hydrogens (tertiary/aromatic N) is 3. The van der Waals surface area contributed by atoms with Crippen LogP contribution >= 0.6 is 11.6 Å². The van der Waals surface area contributed by atoms with Gasteiger partial charge in [-0.3, -0.25) is 0 Å². The molecule has 2 rings (SSSR count). The number of carbonyl (C=O) groups is 1. The summed E-state index contributed by atoms with van der Waals surface area (Å²) in [6, 6.07) is 0.472. The molecule has 20 heavy (non-hydrogen) atoms.